The number of fused-ring (bicyclic) bond motifs is 1. The number of hydrogen-bond acceptors (Lipinski definition) is 1. The Balaban J connectivity index is 2.45. The molecule has 0 heterocycles. The number of carbonyl (C=O) groups is 1. The molecule has 0 saturated carbocycles. The van der Waals surface area contributed by atoms with Crippen molar-refractivity contribution in [2.24, 2.45) is 0 Å². The molecular formula is C13H14O. The van der Waals surface area contributed by atoms with Gasteiger partial charge < -0.3 is 0 Å². The van der Waals surface area contributed by atoms with Crippen LogP contribution in [0.5, 0.6) is 0 Å². The Hall–Kier alpha value is -1.37. The first kappa shape index (κ1) is 9.20. The molecule has 0 spiro atoms. The standard InChI is InChI=1S/C13H14O/c1-10(14)8-11-6-7-12-4-2-3-5-13(12)9-11/h4-7,9H,2-3,8H2,1H3. The van der Waals surface area contributed by atoms with E-state index in [-0.39, 0.29) is 5.78 Å². The average Bonchev–Trinajstić information content (AvgIpc) is 2.17. The Labute approximate surface area is 83.8 Å². The summed E-state index contributed by atoms with van der Waals surface area (Å²) in [6.45, 7) is 1.63. The van der Waals surface area contributed by atoms with E-state index in [9.17, 15) is 4.79 Å². The van der Waals surface area contributed by atoms with Crippen LogP contribution in [-0.4, -0.2) is 5.78 Å². The van der Waals surface area contributed by atoms with Crippen molar-refractivity contribution in [2.75, 3.05) is 0 Å². The molecule has 0 aliphatic heterocycles. The van der Waals surface area contributed by atoms with Crippen molar-refractivity contribution < 1.29 is 4.79 Å². The molecule has 0 bridgehead atoms. The zero-order valence-corrected chi connectivity index (χ0v) is 8.42. The molecule has 0 atom stereocenters. The first-order valence-electron chi connectivity index (χ1n) is 5.04. The Kier molecular flexibility index (Phi) is 2.49. The van der Waals surface area contributed by atoms with Crippen LogP contribution < -0.4 is 10.4 Å². The lowest BCUT2D eigenvalue weighted by molar-refractivity contribution is -0.116. The third-order valence-corrected chi connectivity index (χ3v) is 2.50. The topological polar surface area (TPSA) is 17.1 Å². The van der Waals surface area contributed by atoms with Crippen LogP contribution in [0.2, 0.25) is 0 Å². The van der Waals surface area contributed by atoms with Crippen molar-refractivity contribution in [3.05, 3.63) is 34.2 Å². The lowest BCUT2D eigenvalue weighted by atomic mass is 10.0. The Morgan fingerprint density at radius 2 is 1.93 bits per heavy atom. The first-order valence-corrected chi connectivity index (χ1v) is 5.04. The predicted molar refractivity (Wildman–Crippen MR) is 58.2 cm³/mol. The normalized spacial score (nSPS) is 13.8. The van der Waals surface area contributed by atoms with E-state index in [0.29, 0.717) is 6.42 Å². The molecule has 0 fully saturated rings. The molecule has 1 aromatic carbocycles. The van der Waals surface area contributed by atoms with Crippen molar-refractivity contribution in [2.45, 2.75) is 26.2 Å². The molecule has 1 aliphatic carbocycles. The van der Waals surface area contributed by atoms with Crippen LogP contribution in [0.1, 0.15) is 25.3 Å². The monoisotopic (exact) mass is 186 g/mol. The van der Waals surface area contributed by atoms with Crippen molar-refractivity contribution >= 4 is 17.9 Å². The molecule has 0 radical (unpaired) electrons. The largest absolute Gasteiger partial charge is 0.300 e. The molecule has 1 nitrogen and oxygen atoms in total. The summed E-state index contributed by atoms with van der Waals surface area (Å²) in [5.74, 6) is 0.227. The summed E-state index contributed by atoms with van der Waals surface area (Å²) in [5.41, 5.74) is 1.13. The van der Waals surface area contributed by atoms with Crippen LogP contribution in [0.15, 0.2) is 18.2 Å². The summed E-state index contributed by atoms with van der Waals surface area (Å²) in [6, 6.07) is 6.30. The van der Waals surface area contributed by atoms with E-state index in [1.807, 2.05) is 0 Å². The van der Waals surface area contributed by atoms with Crippen molar-refractivity contribution in [1.29, 1.82) is 0 Å². The number of Topliss-reactive ketones (excluding diaryl/α,β-unsaturated/α-hetero) is 1. The predicted octanol–water partition coefficient (Wildman–Crippen LogP) is 1.17. The van der Waals surface area contributed by atoms with Gasteiger partial charge in [-0.05, 0) is 35.8 Å². The molecule has 0 amide bonds. The molecule has 0 saturated heterocycles. The lowest BCUT2D eigenvalue weighted by Gasteiger charge is -2.02. The van der Waals surface area contributed by atoms with Crippen LogP contribution >= 0.6 is 0 Å². The minimum absolute atomic E-state index is 0.227. The van der Waals surface area contributed by atoms with Crippen molar-refractivity contribution in [3.8, 4) is 0 Å². The Morgan fingerprint density at radius 3 is 2.64 bits per heavy atom. The van der Waals surface area contributed by atoms with Crippen LogP contribution in [-0.2, 0) is 11.2 Å². The second-order valence-electron chi connectivity index (χ2n) is 3.83. The minimum Gasteiger partial charge on any atom is -0.300 e. The minimum atomic E-state index is 0.227. The number of hydrogen-bond donors (Lipinski definition) is 0. The summed E-state index contributed by atoms with van der Waals surface area (Å²) in [7, 11) is 0. The van der Waals surface area contributed by atoms with Crippen LogP contribution in [0.25, 0.3) is 12.2 Å². The van der Waals surface area contributed by atoms with Gasteiger partial charge in [-0.2, -0.15) is 0 Å². The van der Waals surface area contributed by atoms with Crippen LogP contribution in [0.4, 0.5) is 0 Å². The average molecular weight is 186 g/mol. The summed E-state index contributed by atoms with van der Waals surface area (Å²) in [4.78, 5) is 11.0. The van der Waals surface area contributed by atoms with E-state index in [4.69, 9.17) is 0 Å². The zero-order valence-electron chi connectivity index (χ0n) is 8.42. The molecule has 1 heteroatoms. The van der Waals surface area contributed by atoms with Gasteiger partial charge in [-0.3, -0.25) is 4.79 Å². The van der Waals surface area contributed by atoms with Gasteiger partial charge in [-0.25, -0.2) is 0 Å². The fourth-order valence-corrected chi connectivity index (χ4v) is 1.86. The molecule has 72 valence electrons. The Bertz CT molecular complexity index is 468. The van der Waals surface area contributed by atoms with Gasteiger partial charge in [0.15, 0.2) is 0 Å². The van der Waals surface area contributed by atoms with Gasteiger partial charge in [-0.1, -0.05) is 30.4 Å². The fraction of sp³-hybridized carbons (Fsp3) is 0.308. The summed E-state index contributed by atoms with van der Waals surface area (Å²) < 4.78 is 0. The highest BCUT2D eigenvalue weighted by Crippen LogP contribution is 1.99. The maximum atomic E-state index is 11.0. The number of carbonyl (C=O) groups excluding carboxylic acids is 1. The SMILES string of the molecule is CC(=O)Cc1ccc2c(c1)=CCCC=2. The highest BCUT2D eigenvalue weighted by atomic mass is 16.1. The van der Waals surface area contributed by atoms with Gasteiger partial charge in [0.25, 0.3) is 0 Å². The van der Waals surface area contributed by atoms with Gasteiger partial charge in [0.05, 0.1) is 0 Å². The van der Waals surface area contributed by atoms with E-state index in [1.54, 1.807) is 6.92 Å². The van der Waals surface area contributed by atoms with E-state index >= 15 is 0 Å². The number of ketones is 1. The highest BCUT2D eigenvalue weighted by Gasteiger charge is 1.98. The molecule has 0 aromatic heterocycles. The van der Waals surface area contributed by atoms with Crippen LogP contribution in [0.3, 0.4) is 0 Å². The van der Waals surface area contributed by atoms with E-state index in [2.05, 4.69) is 30.4 Å². The molecule has 14 heavy (non-hydrogen) atoms. The smallest absolute Gasteiger partial charge is 0.134 e. The molecule has 0 N–H and O–H groups in total. The molecule has 1 aliphatic rings. The fourth-order valence-electron chi connectivity index (χ4n) is 1.86. The van der Waals surface area contributed by atoms with Gasteiger partial charge in [0.1, 0.15) is 5.78 Å². The molecular weight excluding hydrogens is 172 g/mol. The third-order valence-electron chi connectivity index (χ3n) is 2.50. The second-order valence-corrected chi connectivity index (χ2v) is 3.83. The van der Waals surface area contributed by atoms with E-state index in [1.165, 1.54) is 10.4 Å². The van der Waals surface area contributed by atoms with Gasteiger partial charge in [-0.15, -0.1) is 0 Å². The number of benzene rings is 1. The van der Waals surface area contributed by atoms with E-state index in [0.717, 1.165) is 18.4 Å². The molecule has 1 aromatic rings. The zero-order chi connectivity index (χ0) is 9.97. The maximum absolute atomic E-state index is 11.0. The summed E-state index contributed by atoms with van der Waals surface area (Å²) in [6.07, 6.45) is 7.32. The molecule has 2 rings (SSSR count). The van der Waals surface area contributed by atoms with Crippen molar-refractivity contribution in [1.82, 2.24) is 0 Å². The quantitative estimate of drug-likeness (QED) is 0.677. The lowest BCUT2D eigenvalue weighted by Crippen LogP contribution is -2.26. The maximum Gasteiger partial charge on any atom is 0.134 e. The van der Waals surface area contributed by atoms with Crippen LogP contribution in [0, 0.1) is 0 Å². The Morgan fingerprint density at radius 1 is 1.21 bits per heavy atom. The highest BCUT2D eigenvalue weighted by molar-refractivity contribution is 5.78. The summed E-state index contributed by atoms with van der Waals surface area (Å²) in [5, 5.41) is 2.60. The summed E-state index contributed by atoms with van der Waals surface area (Å²) >= 11 is 0. The van der Waals surface area contributed by atoms with Gasteiger partial charge in [0, 0.05) is 6.42 Å². The second kappa shape index (κ2) is 3.79. The van der Waals surface area contributed by atoms with Crippen molar-refractivity contribution in [3.63, 3.8) is 0 Å². The third kappa shape index (κ3) is 1.92. The first-order chi connectivity index (χ1) is 6.75. The molecule has 0 unspecified atom stereocenters. The van der Waals surface area contributed by atoms with Gasteiger partial charge >= 0.3 is 0 Å². The van der Waals surface area contributed by atoms with E-state index < -0.39 is 0 Å². The number of rotatable bonds is 2. The van der Waals surface area contributed by atoms with Gasteiger partial charge in [0.2, 0.25) is 0 Å².